The van der Waals surface area contributed by atoms with Crippen molar-refractivity contribution in [3.63, 3.8) is 0 Å². The first kappa shape index (κ1) is 38.3. The number of fused-ring (bicyclic) bond motifs is 4. The second kappa shape index (κ2) is 14.6. The highest BCUT2D eigenvalue weighted by molar-refractivity contribution is 7.24. The molecule has 0 saturated carbocycles. The van der Waals surface area contributed by atoms with Crippen LogP contribution in [0.15, 0.2) is 224 Å². The number of hydrogen-bond donors (Lipinski definition) is 0. The summed E-state index contributed by atoms with van der Waals surface area (Å²) in [4.78, 5) is 6.13. The van der Waals surface area contributed by atoms with E-state index in [-0.39, 0.29) is 5.41 Å². The molecule has 12 rings (SSSR count). The van der Waals surface area contributed by atoms with Gasteiger partial charge in [0.1, 0.15) is 5.82 Å². The molecule has 64 heavy (non-hydrogen) atoms. The third-order valence-corrected chi connectivity index (χ3v) is 23.1. The first-order valence-corrected chi connectivity index (χ1v) is 26.2. The van der Waals surface area contributed by atoms with Gasteiger partial charge in [0.15, 0.2) is 8.07 Å². The predicted octanol–water partition coefficient (Wildman–Crippen LogP) is 7.71. The fourth-order valence-corrected chi connectivity index (χ4v) is 21.6. The van der Waals surface area contributed by atoms with Gasteiger partial charge in [-0.05, 0) is 66.4 Å². The van der Waals surface area contributed by atoms with Gasteiger partial charge >= 0.3 is 8.24 Å². The highest BCUT2D eigenvalue weighted by Gasteiger charge is 2.57. The molecule has 3 aromatic heterocycles. The van der Waals surface area contributed by atoms with E-state index in [1.807, 2.05) is 0 Å². The Labute approximate surface area is 376 Å². The second-order valence-electron chi connectivity index (χ2n) is 18.1. The Morgan fingerprint density at radius 2 is 0.953 bits per heavy atom. The summed E-state index contributed by atoms with van der Waals surface area (Å²) >= 11 is 0. The zero-order chi connectivity index (χ0) is 43.0. The van der Waals surface area contributed by atoms with Crippen LogP contribution in [0, 0.1) is 6.33 Å². The van der Waals surface area contributed by atoms with Crippen LogP contribution >= 0.6 is 0 Å². The lowest BCUT2D eigenvalue weighted by atomic mass is 9.88. The molecular formula is C58H46N4Si2. The van der Waals surface area contributed by atoms with Crippen molar-refractivity contribution in [3.05, 3.63) is 236 Å². The van der Waals surface area contributed by atoms with Crippen molar-refractivity contribution in [1.82, 2.24) is 14.1 Å². The molecule has 0 radical (unpaired) electrons. The van der Waals surface area contributed by atoms with Crippen molar-refractivity contribution < 1.29 is 4.23 Å². The molecule has 4 heterocycles. The van der Waals surface area contributed by atoms with Crippen LogP contribution < -0.4 is 40.7 Å². The Morgan fingerprint density at radius 1 is 0.469 bits per heavy atom. The predicted molar refractivity (Wildman–Crippen MR) is 270 cm³/mol. The molecule has 1 aliphatic heterocycles. The van der Waals surface area contributed by atoms with E-state index in [1.165, 1.54) is 53.0 Å². The van der Waals surface area contributed by atoms with Crippen LogP contribution in [0.25, 0.3) is 44.3 Å². The summed E-state index contributed by atoms with van der Waals surface area (Å²) < 4.78 is 7.34. The van der Waals surface area contributed by atoms with Crippen LogP contribution in [0.5, 0.6) is 0 Å². The lowest BCUT2D eigenvalue weighted by Crippen LogP contribution is -2.88. The molecular weight excluding hydrogens is 809 g/mol. The maximum atomic E-state index is 6.13. The van der Waals surface area contributed by atoms with Crippen molar-refractivity contribution in [3.8, 4) is 11.5 Å². The molecule has 306 valence electrons. The molecule has 0 amide bonds. The van der Waals surface area contributed by atoms with Gasteiger partial charge in [-0.15, -0.1) is 0 Å². The molecule has 1 atom stereocenters. The minimum Gasteiger partial charge on any atom is -0.352 e. The van der Waals surface area contributed by atoms with Gasteiger partial charge in [0.2, 0.25) is 6.33 Å². The smallest absolute Gasteiger partial charge is 0.352 e. The van der Waals surface area contributed by atoms with Crippen LogP contribution in [-0.4, -0.2) is 30.4 Å². The summed E-state index contributed by atoms with van der Waals surface area (Å²) in [5.74, 6) is 0.923. The lowest BCUT2D eigenvalue weighted by Gasteiger charge is -2.37. The number of nitrogens with zero attached hydrogens (tertiary/aromatic N) is 4. The molecule has 8 aromatic carbocycles. The van der Waals surface area contributed by atoms with E-state index in [0.717, 1.165) is 33.4 Å². The number of para-hydroxylation sites is 4. The van der Waals surface area contributed by atoms with Gasteiger partial charge in [-0.2, -0.15) is 0 Å². The Bertz CT molecular complexity index is 3440. The zero-order valence-electron chi connectivity index (χ0n) is 36.2. The van der Waals surface area contributed by atoms with Gasteiger partial charge in [0.05, 0.1) is 27.6 Å². The fourth-order valence-electron chi connectivity index (χ4n) is 10.8. The van der Waals surface area contributed by atoms with E-state index >= 15 is 0 Å². The summed E-state index contributed by atoms with van der Waals surface area (Å²) in [6.45, 7) is 7.00. The highest BCUT2D eigenvalue weighted by Crippen LogP contribution is 2.33. The molecule has 6 heteroatoms. The van der Waals surface area contributed by atoms with Crippen molar-refractivity contribution >= 4 is 85.6 Å². The minimum absolute atomic E-state index is 0.202. The normalized spacial score (nSPS) is 15.6. The molecule has 0 fully saturated rings. The molecule has 0 bridgehead atoms. The van der Waals surface area contributed by atoms with Crippen LogP contribution in [-0.2, 0) is 5.41 Å². The fraction of sp³-hybridized carbons (Fsp3) is 0.0690. The number of hydrogen-bond acceptors (Lipinski definition) is 1. The van der Waals surface area contributed by atoms with Gasteiger partial charge in [-0.3, -0.25) is 4.57 Å². The molecule has 0 N–H and O–H groups in total. The molecule has 0 spiro atoms. The van der Waals surface area contributed by atoms with E-state index in [1.54, 1.807) is 0 Å². The lowest BCUT2D eigenvalue weighted by molar-refractivity contribution is -0.514. The number of benzene rings is 8. The summed E-state index contributed by atoms with van der Waals surface area (Å²) in [6, 6.07) is 83.7. The van der Waals surface area contributed by atoms with E-state index in [4.69, 9.17) is 4.98 Å². The second-order valence-corrected chi connectivity index (χ2v) is 25.3. The summed E-state index contributed by atoms with van der Waals surface area (Å²) in [5.41, 5.74) is 6.73. The number of pyridine rings is 1. The molecule has 4 nitrogen and oxygen atoms in total. The van der Waals surface area contributed by atoms with Gasteiger partial charge in [-0.25, -0.2) is 4.98 Å². The molecule has 11 aromatic rings. The average molecular weight is 855 g/mol. The summed E-state index contributed by atoms with van der Waals surface area (Å²) in [7, 11) is -6.70. The Hall–Kier alpha value is -7.39. The quantitative estimate of drug-likeness (QED) is 0.125. The Kier molecular flexibility index (Phi) is 8.73. The van der Waals surface area contributed by atoms with Crippen LogP contribution in [0.1, 0.15) is 26.3 Å². The van der Waals surface area contributed by atoms with Crippen LogP contribution in [0.3, 0.4) is 0 Å². The molecule has 1 aliphatic rings. The van der Waals surface area contributed by atoms with Crippen LogP contribution in [0.2, 0.25) is 0 Å². The monoisotopic (exact) mass is 854 g/mol. The van der Waals surface area contributed by atoms with E-state index in [9.17, 15) is 0 Å². The van der Waals surface area contributed by atoms with Crippen molar-refractivity contribution in [2.45, 2.75) is 26.2 Å². The highest BCUT2D eigenvalue weighted by atomic mass is 28.3. The molecule has 0 aliphatic carbocycles. The number of aromatic nitrogens is 4. The average Bonchev–Trinajstić information content (AvgIpc) is 3.88. The van der Waals surface area contributed by atoms with Gasteiger partial charge in [0.25, 0.3) is 0 Å². The topological polar surface area (TPSA) is 26.6 Å². The van der Waals surface area contributed by atoms with E-state index in [0.29, 0.717) is 0 Å². The first-order chi connectivity index (χ1) is 31.4. The van der Waals surface area contributed by atoms with Crippen LogP contribution in [0.4, 0.5) is 0 Å². The number of rotatable bonds is 6. The van der Waals surface area contributed by atoms with E-state index in [2.05, 4.69) is 265 Å². The third kappa shape index (κ3) is 5.46. The van der Waals surface area contributed by atoms with Crippen molar-refractivity contribution in [1.29, 1.82) is 0 Å². The maximum Gasteiger partial charge on any atom is 0.363 e. The Morgan fingerprint density at radius 3 is 1.55 bits per heavy atom. The third-order valence-electron chi connectivity index (χ3n) is 13.6. The summed E-state index contributed by atoms with van der Waals surface area (Å²) in [5, 5.41) is 11.5. The first-order valence-electron chi connectivity index (χ1n) is 22.2. The minimum atomic E-state index is -3.56. The summed E-state index contributed by atoms with van der Waals surface area (Å²) in [6.07, 6.45) is 4.20. The molecule has 0 saturated heterocycles. The number of imidazole rings is 1. The maximum absolute atomic E-state index is 6.13. The van der Waals surface area contributed by atoms with Gasteiger partial charge in [-0.1, -0.05) is 221 Å². The van der Waals surface area contributed by atoms with Crippen molar-refractivity contribution in [2.24, 2.45) is 0 Å². The van der Waals surface area contributed by atoms with E-state index < -0.39 is 16.3 Å². The zero-order valence-corrected chi connectivity index (χ0v) is 38.2. The standard InChI is InChI=1S/C58H46N4Si2/c1-58(2,3)42-39-55(62-49-33-18-16-31-47(49)48-32-17-19-34-50(48)62)59-56(40-42)64(46-29-14-7-15-30-46)53-37-21-20-36-52(53)63(44-25-10-5-11-26-44,45-27-12-6-13-28-45)54-38-22-35-51-57(54)61(64)41-60(51)43-23-8-4-9-24-43/h4-40H,1-3H3. The Balaban J connectivity index is 1.34. The molecule has 1 unspecified atom stereocenters. The van der Waals surface area contributed by atoms with Gasteiger partial charge in [0, 0.05) is 16.3 Å². The van der Waals surface area contributed by atoms with Crippen molar-refractivity contribution in [2.75, 3.05) is 0 Å². The SMILES string of the molecule is CC(C)(C)c1cc(-n2c3ccccc3c3ccccc32)nc([Si]2(c3ccccc3)c3ccccc3[Si](c3ccccc3)(c3ccccc3)c3cccc4c3[n+]2[c-]n4-c2ccccc2)c1. The van der Waals surface area contributed by atoms with Gasteiger partial charge < -0.3 is 8.80 Å². The largest absolute Gasteiger partial charge is 0.363 e.